The van der Waals surface area contributed by atoms with Crippen LogP contribution in [0.25, 0.3) is 11.3 Å². The molecule has 0 atom stereocenters. The third kappa shape index (κ3) is 6.37. The Hall–Kier alpha value is -3.76. The lowest BCUT2D eigenvalue weighted by molar-refractivity contribution is 0.102. The highest BCUT2D eigenvalue weighted by Gasteiger charge is 2.11. The van der Waals surface area contributed by atoms with Crippen molar-refractivity contribution in [2.24, 2.45) is 0 Å². The third-order valence-electron chi connectivity index (χ3n) is 4.45. The molecule has 0 radical (unpaired) electrons. The molecule has 2 heterocycles. The maximum Gasteiger partial charge on any atom is 0.257 e. The number of anilines is 2. The monoisotopic (exact) mass is 480 g/mol. The van der Waals surface area contributed by atoms with Gasteiger partial charge in [-0.3, -0.25) is 19.8 Å². The molecule has 0 aliphatic rings. The van der Waals surface area contributed by atoms with Crippen LogP contribution in [0, 0.1) is 0 Å². The van der Waals surface area contributed by atoms with Gasteiger partial charge in [-0.05, 0) is 42.5 Å². The highest BCUT2D eigenvalue weighted by atomic mass is 32.2. The fourth-order valence-electron chi connectivity index (χ4n) is 2.91. The van der Waals surface area contributed by atoms with Crippen molar-refractivity contribution >= 4 is 38.1 Å². The van der Waals surface area contributed by atoms with E-state index >= 15 is 0 Å². The molecule has 0 unspecified atom stereocenters. The number of sulfonamides is 1. The molecule has 0 fully saturated rings. The molecule has 4 rings (SSSR count). The number of carbonyl (C=O) groups excluding carboxylic acids is 1. The number of rotatable bonds is 8. The molecule has 0 saturated carbocycles. The Bertz CT molecular complexity index is 1340. The summed E-state index contributed by atoms with van der Waals surface area (Å²) >= 11 is 1.31. The molecule has 8 nitrogen and oxygen atoms in total. The predicted molar refractivity (Wildman–Crippen MR) is 129 cm³/mol. The number of thiazole rings is 1. The van der Waals surface area contributed by atoms with Crippen molar-refractivity contribution in [1.29, 1.82) is 0 Å². The minimum atomic E-state index is -3.33. The molecule has 1 amide bonds. The van der Waals surface area contributed by atoms with E-state index in [9.17, 15) is 13.2 Å². The first-order valence-electron chi connectivity index (χ1n) is 9.83. The van der Waals surface area contributed by atoms with E-state index in [2.05, 4.69) is 20.0 Å². The van der Waals surface area contributed by atoms with Crippen LogP contribution < -0.4 is 14.8 Å². The van der Waals surface area contributed by atoms with Gasteiger partial charge < -0.3 is 4.74 Å². The van der Waals surface area contributed by atoms with E-state index < -0.39 is 10.0 Å². The average Bonchev–Trinajstić information content (AvgIpc) is 3.26. The Kier molecular flexibility index (Phi) is 6.66. The molecule has 2 aromatic heterocycles. The Morgan fingerprint density at radius 3 is 2.48 bits per heavy atom. The van der Waals surface area contributed by atoms with Gasteiger partial charge in [0.2, 0.25) is 10.0 Å². The van der Waals surface area contributed by atoms with Gasteiger partial charge in [-0.15, -0.1) is 11.3 Å². The highest BCUT2D eigenvalue weighted by molar-refractivity contribution is 7.92. The number of carbonyl (C=O) groups is 1. The van der Waals surface area contributed by atoms with Crippen LogP contribution in [-0.4, -0.2) is 30.5 Å². The zero-order valence-electron chi connectivity index (χ0n) is 17.6. The zero-order valence-corrected chi connectivity index (χ0v) is 19.2. The lowest BCUT2D eigenvalue weighted by Gasteiger charge is -2.07. The standard InChI is InChI=1S/C23H20N4O4S2/c1-33(29,30)27-19-8-4-17(5-9-19)21-15-32-23(25-21)26-22(28)18-6-10-20(11-7-18)31-14-16-3-2-12-24-13-16/h2-13,15,27H,14H2,1H3,(H,25,26,28). The summed E-state index contributed by atoms with van der Waals surface area (Å²) in [5.74, 6) is 0.378. The van der Waals surface area contributed by atoms with Crippen molar-refractivity contribution in [3.8, 4) is 17.0 Å². The van der Waals surface area contributed by atoms with Gasteiger partial charge in [0.15, 0.2) is 5.13 Å². The Balaban J connectivity index is 1.35. The van der Waals surface area contributed by atoms with Gasteiger partial charge in [0.05, 0.1) is 11.9 Å². The SMILES string of the molecule is CS(=O)(=O)Nc1ccc(-c2csc(NC(=O)c3ccc(OCc4cccnc4)cc3)n2)cc1. The van der Waals surface area contributed by atoms with Crippen LogP contribution in [0.5, 0.6) is 5.75 Å². The lowest BCUT2D eigenvalue weighted by atomic mass is 10.1. The van der Waals surface area contributed by atoms with E-state index in [1.807, 2.05) is 17.5 Å². The predicted octanol–water partition coefficient (Wildman–Crippen LogP) is 4.41. The number of pyridine rings is 1. The molecule has 10 heteroatoms. The number of ether oxygens (including phenoxy) is 1. The molecule has 0 spiro atoms. The van der Waals surface area contributed by atoms with E-state index in [-0.39, 0.29) is 5.91 Å². The summed E-state index contributed by atoms with van der Waals surface area (Å²) in [4.78, 5) is 21.1. The van der Waals surface area contributed by atoms with Crippen LogP contribution in [0.1, 0.15) is 15.9 Å². The van der Waals surface area contributed by atoms with Gasteiger partial charge in [-0.1, -0.05) is 18.2 Å². The van der Waals surface area contributed by atoms with E-state index in [1.165, 1.54) is 11.3 Å². The molecule has 0 saturated heterocycles. The lowest BCUT2D eigenvalue weighted by Crippen LogP contribution is -2.11. The maximum absolute atomic E-state index is 12.6. The molecular weight excluding hydrogens is 460 g/mol. The smallest absolute Gasteiger partial charge is 0.257 e. The van der Waals surface area contributed by atoms with Gasteiger partial charge >= 0.3 is 0 Å². The molecule has 0 bridgehead atoms. The summed E-state index contributed by atoms with van der Waals surface area (Å²) in [6, 6.07) is 17.5. The first kappa shape index (κ1) is 22.4. The van der Waals surface area contributed by atoms with Crippen molar-refractivity contribution < 1.29 is 17.9 Å². The first-order valence-corrected chi connectivity index (χ1v) is 12.6. The molecule has 4 aromatic rings. The van der Waals surface area contributed by atoms with Crippen molar-refractivity contribution in [2.45, 2.75) is 6.61 Å². The van der Waals surface area contributed by atoms with Crippen LogP contribution >= 0.6 is 11.3 Å². The minimum Gasteiger partial charge on any atom is -0.489 e. The number of amides is 1. The molecule has 168 valence electrons. The number of hydrogen-bond donors (Lipinski definition) is 2. The van der Waals surface area contributed by atoms with E-state index in [0.29, 0.717) is 34.4 Å². The fourth-order valence-corrected chi connectivity index (χ4v) is 4.19. The molecule has 2 N–H and O–H groups in total. The van der Waals surface area contributed by atoms with Crippen LogP contribution in [0.4, 0.5) is 10.8 Å². The van der Waals surface area contributed by atoms with Gasteiger partial charge in [-0.2, -0.15) is 0 Å². The number of aromatic nitrogens is 2. The van der Waals surface area contributed by atoms with Gasteiger partial charge in [0.25, 0.3) is 5.91 Å². The normalized spacial score (nSPS) is 11.1. The van der Waals surface area contributed by atoms with Gasteiger partial charge in [-0.25, -0.2) is 13.4 Å². The quantitative estimate of drug-likeness (QED) is 0.387. The van der Waals surface area contributed by atoms with Crippen LogP contribution in [0.3, 0.4) is 0 Å². The molecule has 0 aliphatic heterocycles. The van der Waals surface area contributed by atoms with Crippen molar-refractivity contribution in [3.05, 3.63) is 89.6 Å². The van der Waals surface area contributed by atoms with Crippen LogP contribution in [0.15, 0.2) is 78.4 Å². The highest BCUT2D eigenvalue weighted by Crippen LogP contribution is 2.26. The minimum absolute atomic E-state index is 0.276. The summed E-state index contributed by atoms with van der Waals surface area (Å²) in [5, 5.41) is 5.08. The van der Waals surface area contributed by atoms with Gasteiger partial charge in [0.1, 0.15) is 12.4 Å². The number of nitrogens with one attached hydrogen (secondary N) is 2. The Labute approximate surface area is 195 Å². The third-order valence-corrected chi connectivity index (χ3v) is 5.82. The second-order valence-electron chi connectivity index (χ2n) is 7.12. The number of benzene rings is 2. The molecular formula is C23H20N4O4S2. The molecule has 2 aromatic carbocycles. The largest absolute Gasteiger partial charge is 0.489 e. The summed E-state index contributed by atoms with van der Waals surface area (Å²) in [6.07, 6.45) is 4.54. The van der Waals surface area contributed by atoms with Crippen molar-refractivity contribution in [1.82, 2.24) is 9.97 Å². The first-order chi connectivity index (χ1) is 15.9. The molecule has 33 heavy (non-hydrogen) atoms. The summed E-state index contributed by atoms with van der Waals surface area (Å²) in [5.41, 5.74) is 3.40. The second-order valence-corrected chi connectivity index (χ2v) is 9.72. The Morgan fingerprint density at radius 2 is 1.82 bits per heavy atom. The average molecular weight is 481 g/mol. The second kappa shape index (κ2) is 9.80. The van der Waals surface area contributed by atoms with Crippen molar-refractivity contribution in [3.63, 3.8) is 0 Å². The van der Waals surface area contributed by atoms with Gasteiger partial charge in [0, 0.05) is 40.2 Å². The van der Waals surface area contributed by atoms with Crippen LogP contribution in [0.2, 0.25) is 0 Å². The number of hydrogen-bond acceptors (Lipinski definition) is 7. The van der Waals surface area contributed by atoms with Crippen LogP contribution in [-0.2, 0) is 16.6 Å². The van der Waals surface area contributed by atoms with Crippen molar-refractivity contribution in [2.75, 3.05) is 16.3 Å². The fraction of sp³-hybridized carbons (Fsp3) is 0.0870. The van der Waals surface area contributed by atoms with E-state index in [1.54, 1.807) is 60.9 Å². The van der Waals surface area contributed by atoms with E-state index in [0.717, 1.165) is 17.4 Å². The van der Waals surface area contributed by atoms with E-state index in [4.69, 9.17) is 4.74 Å². The maximum atomic E-state index is 12.6. The Morgan fingerprint density at radius 1 is 1.06 bits per heavy atom. The molecule has 0 aliphatic carbocycles. The number of nitrogens with zero attached hydrogens (tertiary/aromatic N) is 2. The zero-order chi connectivity index (χ0) is 23.3. The summed E-state index contributed by atoms with van der Waals surface area (Å²) < 4.78 is 30.8. The summed E-state index contributed by atoms with van der Waals surface area (Å²) in [7, 11) is -3.33. The topological polar surface area (TPSA) is 110 Å². The summed E-state index contributed by atoms with van der Waals surface area (Å²) in [6.45, 7) is 0.395.